The van der Waals surface area contributed by atoms with E-state index in [2.05, 4.69) is 21.2 Å². The zero-order valence-corrected chi connectivity index (χ0v) is 18.6. The number of hydrogen-bond acceptors (Lipinski definition) is 3. The SMILES string of the molecule is Cc1ccccc1N(CC(=O)Nc1ccc(Br)cc1)S(=O)(=O)c1ccc(Cl)cc1. The maximum absolute atomic E-state index is 13.3. The van der Waals surface area contributed by atoms with Crippen LogP contribution in [0.15, 0.2) is 82.2 Å². The predicted octanol–water partition coefficient (Wildman–Crippen LogP) is 5.24. The average molecular weight is 494 g/mol. The quantitative estimate of drug-likeness (QED) is 0.510. The second-order valence-electron chi connectivity index (χ2n) is 6.31. The third kappa shape index (κ3) is 5.18. The van der Waals surface area contributed by atoms with Gasteiger partial charge in [0.05, 0.1) is 10.6 Å². The third-order valence-corrected chi connectivity index (χ3v) is 6.76. The number of aryl methyl sites for hydroxylation is 1. The molecule has 5 nitrogen and oxygen atoms in total. The molecule has 0 aliphatic heterocycles. The maximum atomic E-state index is 13.3. The highest BCUT2D eigenvalue weighted by Gasteiger charge is 2.28. The van der Waals surface area contributed by atoms with Crippen molar-refractivity contribution in [1.82, 2.24) is 0 Å². The van der Waals surface area contributed by atoms with E-state index in [1.54, 1.807) is 49.4 Å². The van der Waals surface area contributed by atoms with Gasteiger partial charge in [-0.15, -0.1) is 0 Å². The third-order valence-electron chi connectivity index (χ3n) is 4.20. The summed E-state index contributed by atoms with van der Waals surface area (Å²) in [7, 11) is -3.98. The Balaban J connectivity index is 1.95. The van der Waals surface area contributed by atoms with Gasteiger partial charge in [-0.05, 0) is 67.1 Å². The Morgan fingerprint density at radius 1 is 1.00 bits per heavy atom. The highest BCUT2D eigenvalue weighted by molar-refractivity contribution is 9.10. The monoisotopic (exact) mass is 492 g/mol. The van der Waals surface area contributed by atoms with Crippen molar-refractivity contribution in [1.29, 1.82) is 0 Å². The van der Waals surface area contributed by atoms with Gasteiger partial charge in [-0.1, -0.05) is 45.7 Å². The van der Waals surface area contributed by atoms with Crippen molar-refractivity contribution in [3.63, 3.8) is 0 Å². The van der Waals surface area contributed by atoms with E-state index < -0.39 is 15.9 Å². The first-order chi connectivity index (χ1) is 13.8. The molecule has 0 spiro atoms. The lowest BCUT2D eigenvalue weighted by molar-refractivity contribution is -0.114. The molecule has 0 aromatic heterocycles. The summed E-state index contributed by atoms with van der Waals surface area (Å²) in [5.74, 6) is -0.451. The molecule has 0 atom stereocenters. The van der Waals surface area contributed by atoms with Gasteiger partial charge < -0.3 is 5.32 Å². The van der Waals surface area contributed by atoms with Crippen molar-refractivity contribution >= 4 is 54.8 Å². The number of halogens is 2. The second kappa shape index (κ2) is 8.98. The van der Waals surface area contributed by atoms with Crippen molar-refractivity contribution in [2.75, 3.05) is 16.2 Å². The molecule has 0 fully saturated rings. The summed E-state index contributed by atoms with van der Waals surface area (Å²) in [6, 6.07) is 19.9. The van der Waals surface area contributed by atoms with E-state index in [-0.39, 0.29) is 11.4 Å². The van der Waals surface area contributed by atoms with Crippen LogP contribution in [-0.4, -0.2) is 20.9 Å². The van der Waals surface area contributed by atoms with Crippen molar-refractivity contribution in [2.45, 2.75) is 11.8 Å². The summed E-state index contributed by atoms with van der Waals surface area (Å²) in [6.45, 7) is 1.43. The van der Waals surface area contributed by atoms with E-state index in [9.17, 15) is 13.2 Å². The molecule has 1 amide bonds. The average Bonchev–Trinajstić information content (AvgIpc) is 2.69. The number of nitrogens with one attached hydrogen (secondary N) is 1. The summed E-state index contributed by atoms with van der Waals surface area (Å²) in [5, 5.41) is 3.16. The number of nitrogens with zero attached hydrogens (tertiary/aromatic N) is 1. The molecule has 3 rings (SSSR count). The summed E-state index contributed by atoms with van der Waals surface area (Å²) in [6.07, 6.45) is 0. The van der Waals surface area contributed by atoms with Crippen LogP contribution in [0.3, 0.4) is 0 Å². The Hall–Kier alpha value is -2.35. The lowest BCUT2D eigenvalue weighted by Gasteiger charge is -2.25. The Morgan fingerprint density at radius 3 is 2.24 bits per heavy atom. The fraction of sp³-hybridized carbons (Fsp3) is 0.0952. The zero-order valence-electron chi connectivity index (χ0n) is 15.5. The molecule has 3 aromatic rings. The van der Waals surface area contributed by atoms with Crippen LogP contribution in [0.1, 0.15) is 5.56 Å². The molecule has 29 heavy (non-hydrogen) atoms. The molecule has 0 bridgehead atoms. The fourth-order valence-corrected chi connectivity index (χ4v) is 4.62. The van der Waals surface area contributed by atoms with E-state index in [1.807, 2.05) is 6.07 Å². The molecule has 0 saturated carbocycles. The number of rotatable bonds is 6. The molecule has 0 unspecified atom stereocenters. The van der Waals surface area contributed by atoms with Crippen LogP contribution >= 0.6 is 27.5 Å². The first-order valence-corrected chi connectivity index (χ1v) is 11.3. The number of carbonyl (C=O) groups is 1. The van der Waals surface area contributed by atoms with Crippen LogP contribution in [0.2, 0.25) is 5.02 Å². The number of benzene rings is 3. The standard InChI is InChI=1S/C21H18BrClN2O3S/c1-15-4-2-3-5-20(15)25(29(27,28)19-12-8-17(23)9-13-19)14-21(26)24-18-10-6-16(22)7-11-18/h2-13H,14H2,1H3,(H,24,26). The van der Waals surface area contributed by atoms with Crippen LogP contribution in [0.4, 0.5) is 11.4 Å². The van der Waals surface area contributed by atoms with Gasteiger partial charge in [0.25, 0.3) is 10.0 Å². The minimum Gasteiger partial charge on any atom is -0.325 e. The lowest BCUT2D eigenvalue weighted by Crippen LogP contribution is -2.38. The van der Waals surface area contributed by atoms with E-state index in [1.165, 1.54) is 24.3 Å². The Kier molecular flexibility index (Phi) is 6.62. The smallest absolute Gasteiger partial charge is 0.264 e. The predicted molar refractivity (Wildman–Crippen MR) is 120 cm³/mol. The summed E-state index contributed by atoms with van der Waals surface area (Å²) in [4.78, 5) is 12.7. The summed E-state index contributed by atoms with van der Waals surface area (Å²) >= 11 is 9.23. The van der Waals surface area contributed by atoms with E-state index in [4.69, 9.17) is 11.6 Å². The Labute approximate surface area is 183 Å². The van der Waals surface area contributed by atoms with Crippen LogP contribution in [0.25, 0.3) is 0 Å². The Bertz CT molecular complexity index is 1120. The van der Waals surface area contributed by atoms with Gasteiger partial charge in [0.15, 0.2) is 0 Å². The van der Waals surface area contributed by atoms with Gasteiger partial charge in [-0.3, -0.25) is 9.10 Å². The molecule has 0 aliphatic rings. The molecule has 0 heterocycles. The molecule has 8 heteroatoms. The van der Waals surface area contributed by atoms with Crippen molar-refractivity contribution in [3.8, 4) is 0 Å². The normalized spacial score (nSPS) is 11.1. The van der Waals surface area contributed by atoms with E-state index in [0.717, 1.165) is 14.3 Å². The van der Waals surface area contributed by atoms with Gasteiger partial charge in [0.2, 0.25) is 5.91 Å². The van der Waals surface area contributed by atoms with E-state index >= 15 is 0 Å². The van der Waals surface area contributed by atoms with Gasteiger partial charge in [0.1, 0.15) is 6.54 Å². The van der Waals surface area contributed by atoms with Crippen LogP contribution in [0.5, 0.6) is 0 Å². The molecular weight excluding hydrogens is 476 g/mol. The van der Waals surface area contributed by atoms with Gasteiger partial charge in [0, 0.05) is 15.2 Å². The molecule has 3 aromatic carbocycles. The van der Waals surface area contributed by atoms with Gasteiger partial charge >= 0.3 is 0 Å². The number of carbonyl (C=O) groups excluding carboxylic acids is 1. The molecule has 150 valence electrons. The minimum absolute atomic E-state index is 0.0570. The van der Waals surface area contributed by atoms with Crippen LogP contribution in [-0.2, 0) is 14.8 Å². The maximum Gasteiger partial charge on any atom is 0.264 e. The molecule has 0 radical (unpaired) electrons. The summed E-state index contributed by atoms with van der Waals surface area (Å²) in [5.41, 5.74) is 1.75. The van der Waals surface area contributed by atoms with Crippen molar-refractivity contribution in [3.05, 3.63) is 87.9 Å². The lowest BCUT2D eigenvalue weighted by atomic mass is 10.2. The largest absolute Gasteiger partial charge is 0.325 e. The number of amides is 1. The van der Waals surface area contributed by atoms with Crippen molar-refractivity contribution < 1.29 is 13.2 Å². The minimum atomic E-state index is -3.98. The first kappa shape index (κ1) is 21.4. The Morgan fingerprint density at radius 2 is 1.62 bits per heavy atom. The number of sulfonamides is 1. The number of anilines is 2. The fourth-order valence-electron chi connectivity index (χ4n) is 2.74. The second-order valence-corrected chi connectivity index (χ2v) is 9.52. The van der Waals surface area contributed by atoms with E-state index in [0.29, 0.717) is 16.4 Å². The van der Waals surface area contributed by atoms with Crippen LogP contribution < -0.4 is 9.62 Å². The topological polar surface area (TPSA) is 66.5 Å². The van der Waals surface area contributed by atoms with Crippen LogP contribution in [0, 0.1) is 6.92 Å². The molecule has 0 saturated heterocycles. The highest BCUT2D eigenvalue weighted by atomic mass is 79.9. The summed E-state index contributed by atoms with van der Waals surface area (Å²) < 4.78 is 28.6. The number of hydrogen-bond donors (Lipinski definition) is 1. The van der Waals surface area contributed by atoms with Gasteiger partial charge in [-0.25, -0.2) is 8.42 Å². The van der Waals surface area contributed by atoms with Gasteiger partial charge in [-0.2, -0.15) is 0 Å². The highest BCUT2D eigenvalue weighted by Crippen LogP contribution is 2.27. The number of para-hydroxylation sites is 1. The molecular formula is C21H18BrClN2O3S. The zero-order chi connectivity index (χ0) is 21.0. The first-order valence-electron chi connectivity index (χ1n) is 8.67. The molecule has 0 aliphatic carbocycles. The van der Waals surface area contributed by atoms with Crippen molar-refractivity contribution in [2.24, 2.45) is 0 Å². The molecule has 1 N–H and O–H groups in total.